The lowest BCUT2D eigenvalue weighted by Gasteiger charge is -2.40. The second kappa shape index (κ2) is 5.76. The summed E-state index contributed by atoms with van der Waals surface area (Å²) >= 11 is 0. The molecule has 0 saturated carbocycles. The number of aliphatic hydroxyl groups is 1. The van der Waals surface area contributed by atoms with E-state index in [1.54, 1.807) is 0 Å². The summed E-state index contributed by atoms with van der Waals surface area (Å²) in [7, 11) is -1.85. The molecular formula is C8H19NO5S. The minimum Gasteiger partial charge on any atom is -0.748 e. The van der Waals surface area contributed by atoms with Crippen molar-refractivity contribution in [3.05, 3.63) is 0 Å². The van der Waals surface area contributed by atoms with Gasteiger partial charge in [-0.25, -0.2) is 8.42 Å². The highest BCUT2D eigenvalue weighted by Crippen LogP contribution is 2.12. The number of hydrogen-bond acceptors (Lipinski definition) is 5. The molecule has 1 fully saturated rings. The molecule has 1 saturated heterocycles. The van der Waals surface area contributed by atoms with E-state index in [9.17, 15) is 5.11 Å². The van der Waals surface area contributed by atoms with Crippen LogP contribution in [0.25, 0.3) is 0 Å². The van der Waals surface area contributed by atoms with Crippen LogP contribution in [-0.4, -0.2) is 68.4 Å². The van der Waals surface area contributed by atoms with Crippen LogP contribution < -0.4 is 0 Å². The Bertz CT molecular complexity index is 271. The molecule has 0 spiro atoms. The van der Waals surface area contributed by atoms with Gasteiger partial charge in [0.25, 0.3) is 0 Å². The number of quaternary nitrogens is 1. The van der Waals surface area contributed by atoms with Gasteiger partial charge in [-0.05, 0) is 6.92 Å². The van der Waals surface area contributed by atoms with Gasteiger partial charge in [-0.15, -0.1) is 0 Å². The number of likely N-dealkylation sites (N-methyl/N-ethyl adjacent to an activating group) is 1. The lowest BCUT2D eigenvalue weighted by Crippen LogP contribution is -2.58. The summed E-state index contributed by atoms with van der Waals surface area (Å²) in [6.07, 6.45) is 0.284. The fraction of sp³-hybridized carbons (Fsp3) is 1.00. The van der Waals surface area contributed by atoms with Crippen LogP contribution in [0.5, 0.6) is 0 Å². The summed E-state index contributed by atoms with van der Waals surface area (Å²) in [6, 6.07) is 0. The van der Waals surface area contributed by atoms with Crippen molar-refractivity contribution in [2.45, 2.75) is 13.2 Å². The molecule has 7 heteroatoms. The first kappa shape index (κ1) is 14.8. The third-order valence-corrected chi connectivity index (χ3v) is 2.46. The molecule has 0 radical (unpaired) electrons. The molecule has 92 valence electrons. The predicted molar refractivity (Wildman–Crippen MR) is 54.0 cm³/mol. The lowest BCUT2D eigenvalue weighted by atomic mass is 10.3. The number of ether oxygens (including phenoxy) is 1. The Labute approximate surface area is 90.8 Å². The van der Waals surface area contributed by atoms with E-state index < -0.39 is 10.1 Å². The summed E-state index contributed by atoms with van der Waals surface area (Å²) in [5.74, 6) is 0. The Balaban J connectivity index is 0.000000336. The highest BCUT2D eigenvalue weighted by molar-refractivity contribution is 7.84. The second-order valence-electron chi connectivity index (χ2n) is 3.78. The lowest BCUT2D eigenvalue weighted by molar-refractivity contribution is -0.960. The Morgan fingerprint density at radius 2 is 2.07 bits per heavy atom. The van der Waals surface area contributed by atoms with Crippen molar-refractivity contribution in [3.8, 4) is 0 Å². The second-order valence-corrected chi connectivity index (χ2v) is 5.19. The summed E-state index contributed by atoms with van der Waals surface area (Å²) in [4.78, 5) is 0. The van der Waals surface area contributed by atoms with Crippen LogP contribution in [0.4, 0.5) is 0 Å². The van der Waals surface area contributed by atoms with Gasteiger partial charge in [0.2, 0.25) is 6.23 Å². The van der Waals surface area contributed by atoms with Gasteiger partial charge in [-0.1, -0.05) is 0 Å². The minimum atomic E-state index is -3.92. The molecule has 2 atom stereocenters. The summed E-state index contributed by atoms with van der Waals surface area (Å²) in [5, 5.41) is 9.48. The number of morpholine rings is 1. The Kier molecular flexibility index (Phi) is 5.68. The molecule has 0 amide bonds. The molecule has 1 rings (SSSR count). The van der Waals surface area contributed by atoms with Crippen molar-refractivity contribution >= 4 is 10.1 Å². The van der Waals surface area contributed by atoms with E-state index in [0.717, 1.165) is 24.2 Å². The van der Waals surface area contributed by atoms with Gasteiger partial charge in [0, 0.05) is 6.26 Å². The van der Waals surface area contributed by atoms with Crippen molar-refractivity contribution in [1.82, 2.24) is 0 Å². The summed E-state index contributed by atoms with van der Waals surface area (Å²) in [6.45, 7) is 5.27. The Hall–Kier alpha value is -0.210. The van der Waals surface area contributed by atoms with Crippen LogP contribution in [-0.2, 0) is 14.9 Å². The highest BCUT2D eigenvalue weighted by Gasteiger charge is 2.32. The van der Waals surface area contributed by atoms with Gasteiger partial charge in [-0.2, -0.15) is 0 Å². The molecule has 0 aromatic heterocycles. The quantitative estimate of drug-likeness (QED) is 0.468. The Morgan fingerprint density at radius 1 is 1.60 bits per heavy atom. The topological polar surface area (TPSA) is 86.7 Å². The maximum Gasteiger partial charge on any atom is 0.214 e. The molecule has 0 bridgehead atoms. The number of rotatable bonds is 1. The zero-order valence-electron chi connectivity index (χ0n) is 9.34. The molecule has 15 heavy (non-hydrogen) atoms. The zero-order chi connectivity index (χ0) is 12.1. The highest BCUT2D eigenvalue weighted by atomic mass is 32.2. The van der Waals surface area contributed by atoms with Gasteiger partial charge in [0.05, 0.1) is 30.3 Å². The van der Waals surface area contributed by atoms with E-state index in [-0.39, 0.29) is 6.23 Å². The third kappa shape index (κ3) is 6.80. The third-order valence-electron chi connectivity index (χ3n) is 2.46. The van der Waals surface area contributed by atoms with Crippen molar-refractivity contribution in [2.75, 3.05) is 39.6 Å². The predicted octanol–water partition coefficient (Wildman–Crippen LogP) is -1.04. The average Bonchev–Trinajstić information content (AvgIpc) is 2.08. The number of hydrogen-bond donors (Lipinski definition) is 1. The van der Waals surface area contributed by atoms with E-state index in [4.69, 9.17) is 17.7 Å². The zero-order valence-corrected chi connectivity index (χ0v) is 10.2. The average molecular weight is 241 g/mol. The minimum absolute atomic E-state index is 0.321. The normalized spacial score (nSPS) is 31.7. The molecule has 1 aliphatic rings. The van der Waals surface area contributed by atoms with E-state index >= 15 is 0 Å². The summed E-state index contributed by atoms with van der Waals surface area (Å²) < 4.78 is 33.1. The smallest absolute Gasteiger partial charge is 0.214 e. The largest absolute Gasteiger partial charge is 0.748 e. The molecule has 0 aromatic rings. The molecule has 0 aromatic carbocycles. The van der Waals surface area contributed by atoms with E-state index in [2.05, 4.69) is 14.0 Å². The fourth-order valence-electron chi connectivity index (χ4n) is 1.16. The fourth-order valence-corrected chi connectivity index (χ4v) is 1.16. The number of nitrogens with zero attached hydrogens (tertiary/aromatic N) is 1. The van der Waals surface area contributed by atoms with Crippen molar-refractivity contribution < 1.29 is 27.3 Å². The monoisotopic (exact) mass is 241 g/mol. The maximum atomic E-state index is 9.48. The first-order valence-corrected chi connectivity index (χ1v) is 6.51. The molecule has 0 aliphatic carbocycles. The molecule has 1 N–H and O–H groups in total. The van der Waals surface area contributed by atoms with Gasteiger partial charge >= 0.3 is 0 Å². The van der Waals surface area contributed by atoms with Gasteiger partial charge in [0.15, 0.2) is 0 Å². The van der Waals surface area contributed by atoms with Crippen molar-refractivity contribution in [2.24, 2.45) is 0 Å². The first-order chi connectivity index (χ1) is 6.69. The molecular weight excluding hydrogens is 222 g/mol. The van der Waals surface area contributed by atoms with Gasteiger partial charge in [0.1, 0.15) is 13.2 Å². The van der Waals surface area contributed by atoms with E-state index in [0.29, 0.717) is 12.9 Å². The SMILES string of the molecule is CC[N+]1(C)CCOCC1O.CS(=O)(=O)[O-]. The van der Waals surface area contributed by atoms with Crippen LogP contribution in [0.3, 0.4) is 0 Å². The molecule has 1 aliphatic heterocycles. The maximum absolute atomic E-state index is 9.48. The molecule has 1 heterocycles. The molecule has 6 nitrogen and oxygen atoms in total. The van der Waals surface area contributed by atoms with Crippen LogP contribution in [0, 0.1) is 0 Å². The number of aliphatic hydroxyl groups excluding tert-OH is 1. The standard InChI is InChI=1S/C7H16NO2.CH4O3S/c1-3-8(2)4-5-10-6-7(8)9;1-5(2,3)4/h7,9H,3-6H2,1-2H3;1H3,(H,2,3,4)/q+1;/p-1. The first-order valence-electron chi connectivity index (χ1n) is 4.70. The van der Waals surface area contributed by atoms with E-state index in [1.807, 2.05) is 0 Å². The van der Waals surface area contributed by atoms with Crippen LogP contribution in [0.1, 0.15) is 6.92 Å². The van der Waals surface area contributed by atoms with Gasteiger partial charge in [-0.3, -0.25) is 4.48 Å². The molecule has 2 unspecified atom stereocenters. The van der Waals surface area contributed by atoms with Crippen LogP contribution >= 0.6 is 0 Å². The van der Waals surface area contributed by atoms with E-state index in [1.165, 1.54) is 0 Å². The Morgan fingerprint density at radius 3 is 2.33 bits per heavy atom. The summed E-state index contributed by atoms with van der Waals surface area (Å²) in [5.41, 5.74) is 0. The van der Waals surface area contributed by atoms with Crippen molar-refractivity contribution in [3.63, 3.8) is 0 Å². The van der Waals surface area contributed by atoms with Crippen molar-refractivity contribution in [1.29, 1.82) is 0 Å². The van der Waals surface area contributed by atoms with Gasteiger partial charge < -0.3 is 14.4 Å². The van der Waals surface area contributed by atoms with Crippen LogP contribution in [0.15, 0.2) is 0 Å². The van der Waals surface area contributed by atoms with Crippen LogP contribution in [0.2, 0.25) is 0 Å².